The molecule has 21 heavy (non-hydrogen) atoms. The van der Waals surface area contributed by atoms with E-state index in [1.807, 2.05) is 30.3 Å². The molecule has 1 spiro atoms. The molecule has 0 bridgehead atoms. The summed E-state index contributed by atoms with van der Waals surface area (Å²) in [5.74, 6) is 0. The number of carbonyl (C=O) groups is 1. The fourth-order valence-electron chi connectivity index (χ4n) is 3.14. The number of rotatable bonds is 3. The molecule has 3 rings (SSSR count). The van der Waals surface area contributed by atoms with E-state index in [0.717, 1.165) is 31.5 Å². The van der Waals surface area contributed by atoms with Crippen LogP contribution < -0.4 is 10.6 Å². The quantitative estimate of drug-likeness (QED) is 0.902. The Balaban J connectivity index is 0.00000161. The van der Waals surface area contributed by atoms with Crippen molar-refractivity contribution >= 4 is 18.5 Å². The summed E-state index contributed by atoms with van der Waals surface area (Å²) in [7, 11) is 0. The summed E-state index contributed by atoms with van der Waals surface area (Å²) in [4.78, 5) is 11.8. The number of amides is 1. The van der Waals surface area contributed by atoms with Crippen LogP contribution in [0.5, 0.6) is 0 Å². The Kier molecular flexibility index (Phi) is 5.48. The Hall–Kier alpha value is -1.26. The minimum Gasteiger partial charge on any atom is -0.445 e. The molecule has 1 amide bonds. The van der Waals surface area contributed by atoms with Gasteiger partial charge in [0.15, 0.2) is 0 Å². The van der Waals surface area contributed by atoms with Crippen LogP contribution in [0.15, 0.2) is 30.3 Å². The average molecular weight is 311 g/mol. The summed E-state index contributed by atoms with van der Waals surface area (Å²) in [5, 5.41) is 6.35. The number of hydrogen-bond donors (Lipinski definition) is 2. The van der Waals surface area contributed by atoms with Gasteiger partial charge in [0.05, 0.1) is 0 Å². The Bertz CT molecular complexity index is 453. The molecule has 1 saturated heterocycles. The lowest BCUT2D eigenvalue weighted by molar-refractivity contribution is 0.0844. The molecule has 2 aliphatic rings. The van der Waals surface area contributed by atoms with Gasteiger partial charge in [-0.15, -0.1) is 12.4 Å². The highest BCUT2D eigenvalue weighted by Crippen LogP contribution is 2.39. The number of alkyl carbamates (subject to hydrolysis) is 1. The van der Waals surface area contributed by atoms with Crippen molar-refractivity contribution in [2.45, 2.75) is 38.3 Å². The predicted molar refractivity (Wildman–Crippen MR) is 84.6 cm³/mol. The van der Waals surface area contributed by atoms with Crippen LogP contribution in [0.1, 0.15) is 31.2 Å². The van der Waals surface area contributed by atoms with Gasteiger partial charge in [0.2, 0.25) is 0 Å². The first kappa shape index (κ1) is 16.1. The zero-order chi connectivity index (χ0) is 13.8. The highest BCUT2D eigenvalue weighted by atomic mass is 35.5. The van der Waals surface area contributed by atoms with Crippen LogP contribution in [-0.2, 0) is 11.3 Å². The number of hydrogen-bond acceptors (Lipinski definition) is 3. The predicted octanol–water partition coefficient (Wildman–Crippen LogP) is 2.87. The Morgan fingerprint density at radius 1 is 1.24 bits per heavy atom. The number of halogens is 1. The van der Waals surface area contributed by atoms with Crippen LogP contribution in [0.25, 0.3) is 0 Å². The summed E-state index contributed by atoms with van der Waals surface area (Å²) in [6.45, 7) is 2.64. The van der Waals surface area contributed by atoms with Crippen molar-refractivity contribution in [3.05, 3.63) is 35.9 Å². The summed E-state index contributed by atoms with van der Waals surface area (Å²) in [6.07, 6.45) is 4.28. The molecule has 0 radical (unpaired) electrons. The van der Waals surface area contributed by atoms with Gasteiger partial charge in [-0.25, -0.2) is 4.79 Å². The molecule has 2 N–H and O–H groups in total. The van der Waals surface area contributed by atoms with Gasteiger partial charge < -0.3 is 15.4 Å². The van der Waals surface area contributed by atoms with E-state index in [0.29, 0.717) is 12.0 Å². The van der Waals surface area contributed by atoms with Crippen LogP contribution in [-0.4, -0.2) is 25.2 Å². The van der Waals surface area contributed by atoms with Crippen LogP contribution in [0, 0.1) is 5.41 Å². The molecule has 1 aromatic rings. The van der Waals surface area contributed by atoms with Crippen molar-refractivity contribution in [1.29, 1.82) is 0 Å². The lowest BCUT2D eigenvalue weighted by Gasteiger charge is -2.47. The molecule has 0 aromatic heterocycles. The van der Waals surface area contributed by atoms with Crippen LogP contribution in [0.2, 0.25) is 0 Å². The highest BCUT2D eigenvalue weighted by Gasteiger charge is 2.40. The van der Waals surface area contributed by atoms with Crippen molar-refractivity contribution in [2.75, 3.05) is 13.1 Å². The highest BCUT2D eigenvalue weighted by molar-refractivity contribution is 5.85. The molecule has 0 atom stereocenters. The normalized spacial score (nSPS) is 20.2. The fourth-order valence-corrected chi connectivity index (χ4v) is 3.14. The second kappa shape index (κ2) is 7.14. The largest absolute Gasteiger partial charge is 0.445 e. The van der Waals surface area contributed by atoms with E-state index in [1.54, 1.807) is 0 Å². The molecule has 1 saturated carbocycles. The van der Waals surface area contributed by atoms with Crippen LogP contribution in [0.3, 0.4) is 0 Å². The first-order valence-electron chi connectivity index (χ1n) is 7.44. The van der Waals surface area contributed by atoms with Gasteiger partial charge in [0, 0.05) is 19.1 Å². The zero-order valence-electron chi connectivity index (χ0n) is 12.1. The maximum absolute atomic E-state index is 11.8. The van der Waals surface area contributed by atoms with E-state index in [9.17, 15) is 4.79 Å². The number of nitrogens with one attached hydrogen (secondary N) is 2. The SMILES string of the molecule is Cl.O=C(NC1CCC2(CC1)CNC2)OCc1ccccc1. The fraction of sp³-hybridized carbons (Fsp3) is 0.562. The molecule has 2 fully saturated rings. The molecule has 1 aromatic carbocycles. The Morgan fingerprint density at radius 3 is 2.48 bits per heavy atom. The monoisotopic (exact) mass is 310 g/mol. The second-order valence-electron chi connectivity index (χ2n) is 6.08. The van der Waals surface area contributed by atoms with Gasteiger partial charge in [-0.3, -0.25) is 0 Å². The molecule has 1 aliphatic carbocycles. The second-order valence-corrected chi connectivity index (χ2v) is 6.08. The summed E-state index contributed by atoms with van der Waals surface area (Å²) in [6, 6.07) is 10.1. The third-order valence-electron chi connectivity index (χ3n) is 4.58. The first-order valence-corrected chi connectivity index (χ1v) is 7.44. The molecule has 4 nitrogen and oxygen atoms in total. The van der Waals surface area contributed by atoms with Crippen molar-refractivity contribution in [2.24, 2.45) is 5.41 Å². The summed E-state index contributed by atoms with van der Waals surface area (Å²) < 4.78 is 5.26. The first-order chi connectivity index (χ1) is 9.76. The smallest absolute Gasteiger partial charge is 0.407 e. The van der Waals surface area contributed by atoms with Crippen LogP contribution in [0.4, 0.5) is 4.79 Å². The molecule has 1 aliphatic heterocycles. The van der Waals surface area contributed by atoms with Gasteiger partial charge in [0.1, 0.15) is 6.61 Å². The van der Waals surface area contributed by atoms with E-state index in [1.165, 1.54) is 12.8 Å². The van der Waals surface area contributed by atoms with Crippen molar-refractivity contribution in [3.8, 4) is 0 Å². The van der Waals surface area contributed by atoms with Crippen LogP contribution >= 0.6 is 12.4 Å². The van der Waals surface area contributed by atoms with E-state index < -0.39 is 0 Å². The van der Waals surface area contributed by atoms with Gasteiger partial charge in [0.25, 0.3) is 0 Å². The lowest BCUT2D eigenvalue weighted by Crippen LogP contribution is -2.56. The van der Waals surface area contributed by atoms with E-state index >= 15 is 0 Å². The maximum atomic E-state index is 11.8. The molecular weight excluding hydrogens is 288 g/mol. The molecule has 0 unspecified atom stereocenters. The minimum atomic E-state index is -0.290. The zero-order valence-corrected chi connectivity index (χ0v) is 13.0. The van der Waals surface area contributed by atoms with Crippen molar-refractivity contribution in [3.63, 3.8) is 0 Å². The average Bonchev–Trinajstić information content (AvgIpc) is 2.45. The van der Waals surface area contributed by atoms with E-state index in [-0.39, 0.29) is 24.5 Å². The molecular formula is C16H23ClN2O2. The molecule has 5 heteroatoms. The Morgan fingerprint density at radius 2 is 1.90 bits per heavy atom. The number of carbonyl (C=O) groups excluding carboxylic acids is 1. The third-order valence-corrected chi connectivity index (χ3v) is 4.58. The lowest BCUT2D eigenvalue weighted by atomic mass is 9.68. The van der Waals surface area contributed by atoms with Crippen molar-refractivity contribution in [1.82, 2.24) is 10.6 Å². The van der Waals surface area contributed by atoms with E-state index in [4.69, 9.17) is 4.74 Å². The topological polar surface area (TPSA) is 50.4 Å². The van der Waals surface area contributed by atoms with Crippen molar-refractivity contribution < 1.29 is 9.53 Å². The van der Waals surface area contributed by atoms with E-state index in [2.05, 4.69) is 10.6 Å². The standard InChI is InChI=1S/C16H22N2O2.ClH/c19-15(20-10-13-4-2-1-3-5-13)18-14-6-8-16(9-7-14)11-17-12-16;/h1-5,14,17H,6-12H2,(H,18,19);1H. The van der Waals surface area contributed by atoms with Gasteiger partial charge in [-0.2, -0.15) is 0 Å². The maximum Gasteiger partial charge on any atom is 0.407 e. The van der Waals surface area contributed by atoms with Gasteiger partial charge >= 0.3 is 6.09 Å². The number of ether oxygens (including phenoxy) is 1. The Labute approximate surface area is 132 Å². The molecule has 1 heterocycles. The summed E-state index contributed by atoms with van der Waals surface area (Å²) >= 11 is 0. The molecule has 116 valence electrons. The van der Waals surface area contributed by atoms with Gasteiger partial charge in [-0.1, -0.05) is 30.3 Å². The minimum absolute atomic E-state index is 0. The summed E-state index contributed by atoms with van der Waals surface area (Å²) in [5.41, 5.74) is 1.55. The van der Waals surface area contributed by atoms with Gasteiger partial charge in [-0.05, 0) is 36.7 Å². The number of benzene rings is 1. The third kappa shape index (κ3) is 4.11.